The Morgan fingerprint density at radius 3 is 2.00 bits per heavy atom. The number of hydrogen-bond acceptors (Lipinski definition) is 6. The molecule has 1 fully saturated rings. The number of imide groups is 1. The first-order chi connectivity index (χ1) is 18.2. The number of carbonyl (C=O) groups is 3. The lowest BCUT2D eigenvalue weighted by Crippen LogP contribution is -2.67. The fourth-order valence-corrected chi connectivity index (χ4v) is 5.94. The van der Waals surface area contributed by atoms with Crippen LogP contribution in [0.2, 0.25) is 20.1 Å². The number of ether oxygens (including phenoxy) is 3. The van der Waals surface area contributed by atoms with E-state index in [4.69, 9.17) is 60.6 Å². The maximum atomic E-state index is 13.7. The highest BCUT2D eigenvalue weighted by atomic mass is 35.5. The molecule has 3 heterocycles. The average molecular weight is 594 g/mol. The van der Waals surface area contributed by atoms with Gasteiger partial charge in [-0.1, -0.05) is 52.5 Å². The number of rotatable bonds is 5. The first kappa shape index (κ1) is 25.1. The van der Waals surface area contributed by atoms with Crippen molar-refractivity contribution in [1.29, 1.82) is 0 Å². The summed E-state index contributed by atoms with van der Waals surface area (Å²) in [6, 6.07) is 10.2. The van der Waals surface area contributed by atoms with E-state index in [0.29, 0.717) is 35.1 Å². The van der Waals surface area contributed by atoms with Crippen LogP contribution in [0.5, 0.6) is 17.2 Å². The SMILES string of the molecule is CCOc1ccc(N2C(=O)C(N3C(=O)c4c(Cl)c(Cl)c(Cl)c(Cl)c4C3=O)C2c2ccc3c(c2)OCO3)cc1. The summed E-state index contributed by atoms with van der Waals surface area (Å²) in [5, 5.41) is -0.704. The summed E-state index contributed by atoms with van der Waals surface area (Å²) in [5.74, 6) is -0.377. The van der Waals surface area contributed by atoms with Crippen molar-refractivity contribution in [2.45, 2.75) is 19.0 Å². The highest BCUT2D eigenvalue weighted by Gasteiger charge is 2.58. The molecule has 0 aliphatic carbocycles. The zero-order valence-electron chi connectivity index (χ0n) is 19.5. The Morgan fingerprint density at radius 1 is 0.789 bits per heavy atom. The summed E-state index contributed by atoms with van der Waals surface area (Å²) in [4.78, 5) is 43.2. The molecule has 0 radical (unpaired) electrons. The molecule has 0 spiro atoms. The molecule has 0 bridgehead atoms. The second-order valence-electron chi connectivity index (χ2n) is 8.62. The fraction of sp³-hybridized carbons (Fsp3) is 0.192. The highest BCUT2D eigenvalue weighted by molar-refractivity contribution is 6.55. The lowest BCUT2D eigenvalue weighted by atomic mass is 9.86. The number of benzene rings is 3. The van der Waals surface area contributed by atoms with Crippen LogP contribution < -0.4 is 19.1 Å². The first-order valence-electron chi connectivity index (χ1n) is 11.4. The smallest absolute Gasteiger partial charge is 0.264 e. The Hall–Kier alpha value is -3.17. The Morgan fingerprint density at radius 2 is 1.39 bits per heavy atom. The number of halogens is 4. The molecule has 3 aromatic rings. The van der Waals surface area contributed by atoms with Crippen molar-refractivity contribution in [3.8, 4) is 17.2 Å². The third kappa shape index (κ3) is 3.55. The summed E-state index contributed by atoms with van der Waals surface area (Å²) >= 11 is 24.9. The molecule has 0 saturated carbocycles. The van der Waals surface area contributed by atoms with E-state index in [0.717, 1.165) is 4.90 Å². The molecule has 194 valence electrons. The van der Waals surface area contributed by atoms with E-state index in [1.165, 1.54) is 4.90 Å². The fourth-order valence-electron chi connectivity index (χ4n) is 4.93. The molecular formula is C26H16Cl4N2O6. The molecule has 38 heavy (non-hydrogen) atoms. The van der Waals surface area contributed by atoms with E-state index < -0.39 is 29.8 Å². The van der Waals surface area contributed by atoms with E-state index in [9.17, 15) is 14.4 Å². The van der Waals surface area contributed by atoms with Gasteiger partial charge in [-0.3, -0.25) is 19.3 Å². The molecule has 3 aromatic carbocycles. The van der Waals surface area contributed by atoms with Gasteiger partial charge in [-0.05, 0) is 48.9 Å². The van der Waals surface area contributed by atoms with Crippen LogP contribution in [0.4, 0.5) is 5.69 Å². The topological polar surface area (TPSA) is 85.4 Å². The quantitative estimate of drug-likeness (QED) is 0.152. The molecule has 3 aliphatic rings. The minimum atomic E-state index is -1.20. The summed E-state index contributed by atoms with van der Waals surface area (Å²) in [7, 11) is 0. The van der Waals surface area contributed by atoms with E-state index in [2.05, 4.69) is 0 Å². The van der Waals surface area contributed by atoms with E-state index in [1.807, 2.05) is 6.92 Å². The lowest BCUT2D eigenvalue weighted by molar-refractivity contribution is -0.130. The number of amides is 3. The molecule has 0 N–H and O–H groups in total. The van der Waals surface area contributed by atoms with Gasteiger partial charge in [-0.2, -0.15) is 0 Å². The van der Waals surface area contributed by atoms with E-state index in [1.54, 1.807) is 42.5 Å². The Labute approximate surface area is 236 Å². The van der Waals surface area contributed by atoms with Crippen LogP contribution >= 0.6 is 46.4 Å². The highest BCUT2D eigenvalue weighted by Crippen LogP contribution is 2.50. The van der Waals surface area contributed by atoms with Gasteiger partial charge in [0.2, 0.25) is 6.79 Å². The Balaban J connectivity index is 1.45. The van der Waals surface area contributed by atoms with Crippen LogP contribution in [0.25, 0.3) is 0 Å². The Bertz CT molecular complexity index is 1500. The standard InChI is InChI=1S/C26H16Cl4N2O6/c1-2-36-13-6-4-12(5-7-13)31-22(11-3-8-14-15(9-11)38-10-37-14)23(26(31)35)32-24(33)16-17(25(32)34)19(28)21(30)20(29)18(16)27/h3-9,22-23H,2,10H2,1H3. The summed E-state index contributed by atoms with van der Waals surface area (Å²) in [5.41, 5.74) is 0.800. The average Bonchev–Trinajstić information content (AvgIpc) is 3.48. The zero-order chi connectivity index (χ0) is 26.9. The predicted molar refractivity (Wildman–Crippen MR) is 141 cm³/mol. The van der Waals surface area contributed by atoms with Crippen LogP contribution in [0.1, 0.15) is 39.2 Å². The summed E-state index contributed by atoms with van der Waals surface area (Å²) < 4.78 is 16.5. The maximum Gasteiger partial charge on any atom is 0.264 e. The number of carbonyl (C=O) groups excluding carboxylic acids is 3. The van der Waals surface area contributed by atoms with Crippen LogP contribution in [0.15, 0.2) is 42.5 Å². The third-order valence-corrected chi connectivity index (χ3v) is 8.44. The molecule has 3 aliphatic heterocycles. The predicted octanol–water partition coefficient (Wildman–Crippen LogP) is 6.18. The van der Waals surface area contributed by atoms with Gasteiger partial charge in [0.1, 0.15) is 11.8 Å². The van der Waals surface area contributed by atoms with Gasteiger partial charge < -0.3 is 19.1 Å². The normalized spacial score (nSPS) is 19.7. The summed E-state index contributed by atoms with van der Waals surface area (Å²) in [6.45, 7) is 2.42. The minimum Gasteiger partial charge on any atom is -0.494 e. The monoisotopic (exact) mass is 592 g/mol. The number of fused-ring (bicyclic) bond motifs is 2. The van der Waals surface area contributed by atoms with Crippen molar-refractivity contribution in [2.75, 3.05) is 18.3 Å². The van der Waals surface area contributed by atoms with Crippen molar-refractivity contribution >= 4 is 69.8 Å². The van der Waals surface area contributed by atoms with Crippen LogP contribution in [-0.2, 0) is 4.79 Å². The first-order valence-corrected chi connectivity index (χ1v) is 12.9. The number of β-lactam (4-membered cyclic amide) rings is 1. The Kier molecular flexibility index (Phi) is 6.11. The second-order valence-corrected chi connectivity index (χ2v) is 10.1. The molecule has 0 aromatic heterocycles. The lowest BCUT2D eigenvalue weighted by Gasteiger charge is -2.49. The molecule has 12 heteroatoms. The molecule has 8 nitrogen and oxygen atoms in total. The summed E-state index contributed by atoms with van der Waals surface area (Å²) in [6.07, 6.45) is 0. The van der Waals surface area contributed by atoms with Crippen LogP contribution in [0.3, 0.4) is 0 Å². The van der Waals surface area contributed by atoms with E-state index in [-0.39, 0.29) is 38.0 Å². The molecule has 1 saturated heterocycles. The van der Waals surface area contributed by atoms with Gasteiger partial charge in [0.05, 0.1) is 43.9 Å². The molecule has 6 rings (SSSR count). The number of nitrogens with zero attached hydrogens (tertiary/aromatic N) is 2. The minimum absolute atomic E-state index is 0.0609. The van der Waals surface area contributed by atoms with Gasteiger partial charge in [-0.15, -0.1) is 0 Å². The van der Waals surface area contributed by atoms with Crippen LogP contribution in [-0.4, -0.2) is 42.1 Å². The van der Waals surface area contributed by atoms with Gasteiger partial charge in [0, 0.05) is 5.69 Å². The van der Waals surface area contributed by atoms with Gasteiger partial charge in [0.15, 0.2) is 11.5 Å². The van der Waals surface area contributed by atoms with E-state index >= 15 is 0 Å². The molecule has 2 unspecified atom stereocenters. The second kappa shape index (κ2) is 9.24. The van der Waals surface area contributed by atoms with Crippen molar-refractivity contribution in [3.05, 3.63) is 79.2 Å². The zero-order valence-corrected chi connectivity index (χ0v) is 22.5. The molecule has 2 atom stereocenters. The van der Waals surface area contributed by atoms with Gasteiger partial charge in [-0.25, -0.2) is 0 Å². The number of anilines is 1. The van der Waals surface area contributed by atoms with Crippen molar-refractivity contribution in [1.82, 2.24) is 4.90 Å². The van der Waals surface area contributed by atoms with Crippen molar-refractivity contribution < 1.29 is 28.6 Å². The third-order valence-electron chi connectivity index (χ3n) is 6.64. The van der Waals surface area contributed by atoms with Gasteiger partial charge >= 0.3 is 0 Å². The van der Waals surface area contributed by atoms with Crippen LogP contribution in [0, 0.1) is 0 Å². The van der Waals surface area contributed by atoms with Crippen molar-refractivity contribution in [3.63, 3.8) is 0 Å². The van der Waals surface area contributed by atoms with Crippen molar-refractivity contribution in [2.24, 2.45) is 0 Å². The molecule has 3 amide bonds. The van der Waals surface area contributed by atoms with Gasteiger partial charge in [0.25, 0.3) is 17.7 Å². The number of hydrogen-bond donors (Lipinski definition) is 0. The maximum absolute atomic E-state index is 13.7. The molecular weight excluding hydrogens is 578 g/mol. The largest absolute Gasteiger partial charge is 0.494 e.